The van der Waals surface area contributed by atoms with E-state index in [1.54, 1.807) is 0 Å². The standard InChI is InChI=1S/C17H28N2OS/c1-4-18-11-14-15(13-5-6-13)19-16(21-14)17(20-3)9-7-12(2)8-10-17/h12-13,18H,4-11H2,1-3H3. The first kappa shape index (κ1) is 15.4. The van der Waals surface area contributed by atoms with Crippen LogP contribution in [0.3, 0.4) is 0 Å². The molecule has 0 unspecified atom stereocenters. The summed E-state index contributed by atoms with van der Waals surface area (Å²) in [7, 11) is 1.87. The van der Waals surface area contributed by atoms with E-state index in [1.807, 2.05) is 18.4 Å². The molecule has 2 aliphatic rings. The Kier molecular flexibility index (Phi) is 4.67. The van der Waals surface area contributed by atoms with Crippen LogP contribution in [0.25, 0.3) is 0 Å². The van der Waals surface area contributed by atoms with Crippen molar-refractivity contribution in [3.8, 4) is 0 Å². The van der Waals surface area contributed by atoms with Crippen LogP contribution in [0.2, 0.25) is 0 Å². The molecule has 2 fully saturated rings. The van der Waals surface area contributed by atoms with Crippen LogP contribution >= 0.6 is 11.3 Å². The van der Waals surface area contributed by atoms with Crippen molar-refractivity contribution < 1.29 is 4.74 Å². The number of thiazole rings is 1. The monoisotopic (exact) mass is 308 g/mol. The molecule has 3 rings (SSSR count). The Hall–Kier alpha value is -0.450. The second-order valence-corrected chi connectivity index (χ2v) is 7.85. The van der Waals surface area contributed by atoms with E-state index in [-0.39, 0.29) is 5.60 Å². The van der Waals surface area contributed by atoms with Crippen LogP contribution in [0.4, 0.5) is 0 Å². The number of aromatic nitrogens is 1. The van der Waals surface area contributed by atoms with Crippen LogP contribution in [0, 0.1) is 5.92 Å². The van der Waals surface area contributed by atoms with Crippen molar-refractivity contribution in [1.82, 2.24) is 10.3 Å². The van der Waals surface area contributed by atoms with Crippen molar-refractivity contribution in [1.29, 1.82) is 0 Å². The van der Waals surface area contributed by atoms with Crippen LogP contribution in [0.5, 0.6) is 0 Å². The molecule has 2 aliphatic carbocycles. The maximum atomic E-state index is 6.01. The van der Waals surface area contributed by atoms with E-state index in [0.717, 1.165) is 37.8 Å². The van der Waals surface area contributed by atoms with Crippen molar-refractivity contribution in [2.24, 2.45) is 5.92 Å². The van der Waals surface area contributed by atoms with Gasteiger partial charge in [0.1, 0.15) is 10.6 Å². The Labute approximate surface area is 132 Å². The lowest BCUT2D eigenvalue weighted by molar-refractivity contribution is -0.0531. The van der Waals surface area contributed by atoms with Gasteiger partial charge in [-0.05, 0) is 51.0 Å². The summed E-state index contributed by atoms with van der Waals surface area (Å²) in [5.41, 5.74) is 1.26. The molecule has 1 N–H and O–H groups in total. The molecular formula is C17H28N2OS. The van der Waals surface area contributed by atoms with Gasteiger partial charge in [0.2, 0.25) is 0 Å². The highest BCUT2D eigenvalue weighted by Crippen LogP contribution is 2.48. The summed E-state index contributed by atoms with van der Waals surface area (Å²) in [4.78, 5) is 6.52. The zero-order valence-electron chi connectivity index (χ0n) is 13.6. The van der Waals surface area contributed by atoms with Crippen molar-refractivity contribution in [2.45, 2.75) is 70.4 Å². The fourth-order valence-corrected chi connectivity index (χ4v) is 4.68. The highest BCUT2D eigenvalue weighted by atomic mass is 32.1. The number of nitrogens with one attached hydrogen (secondary N) is 1. The van der Waals surface area contributed by atoms with Gasteiger partial charge in [0.15, 0.2) is 0 Å². The van der Waals surface area contributed by atoms with Gasteiger partial charge in [-0.25, -0.2) is 4.98 Å². The SMILES string of the molecule is CCNCc1sc(C2(OC)CCC(C)CC2)nc1C1CC1. The van der Waals surface area contributed by atoms with E-state index in [9.17, 15) is 0 Å². The summed E-state index contributed by atoms with van der Waals surface area (Å²) in [6.45, 7) is 6.51. The number of nitrogens with zero attached hydrogens (tertiary/aromatic N) is 1. The first-order chi connectivity index (χ1) is 10.2. The molecule has 0 spiro atoms. The van der Waals surface area contributed by atoms with Gasteiger partial charge in [0.05, 0.1) is 5.69 Å². The Morgan fingerprint density at radius 2 is 2.00 bits per heavy atom. The van der Waals surface area contributed by atoms with Crippen LogP contribution in [-0.2, 0) is 16.9 Å². The molecule has 1 aromatic heterocycles. The molecule has 0 saturated heterocycles. The minimum absolute atomic E-state index is 0.106. The highest BCUT2D eigenvalue weighted by molar-refractivity contribution is 7.11. The molecule has 0 radical (unpaired) electrons. The average molecular weight is 308 g/mol. The van der Waals surface area contributed by atoms with Crippen LogP contribution in [0.1, 0.15) is 73.9 Å². The molecule has 1 heterocycles. The van der Waals surface area contributed by atoms with Crippen molar-refractivity contribution in [3.63, 3.8) is 0 Å². The summed E-state index contributed by atoms with van der Waals surface area (Å²) in [5.74, 6) is 1.55. The average Bonchev–Trinajstić information content (AvgIpc) is 3.26. The van der Waals surface area contributed by atoms with E-state index < -0.39 is 0 Å². The molecule has 1 aromatic rings. The number of ether oxygens (including phenoxy) is 1. The Bertz CT molecular complexity index is 473. The van der Waals surface area contributed by atoms with Gasteiger partial charge in [0, 0.05) is 24.4 Å². The second-order valence-electron chi connectivity index (χ2n) is 6.76. The maximum absolute atomic E-state index is 6.01. The smallest absolute Gasteiger partial charge is 0.125 e. The zero-order chi connectivity index (χ0) is 14.9. The lowest BCUT2D eigenvalue weighted by Gasteiger charge is -2.36. The number of hydrogen-bond donors (Lipinski definition) is 1. The lowest BCUT2D eigenvalue weighted by atomic mass is 9.80. The first-order valence-electron chi connectivity index (χ1n) is 8.44. The first-order valence-corrected chi connectivity index (χ1v) is 9.26. The fraction of sp³-hybridized carbons (Fsp3) is 0.824. The van der Waals surface area contributed by atoms with Gasteiger partial charge in [0.25, 0.3) is 0 Å². The Morgan fingerprint density at radius 3 is 2.57 bits per heavy atom. The Morgan fingerprint density at radius 1 is 1.29 bits per heavy atom. The zero-order valence-corrected chi connectivity index (χ0v) is 14.4. The van der Waals surface area contributed by atoms with Gasteiger partial charge in [-0.3, -0.25) is 0 Å². The van der Waals surface area contributed by atoms with Gasteiger partial charge in [-0.15, -0.1) is 11.3 Å². The summed E-state index contributed by atoms with van der Waals surface area (Å²) in [6, 6.07) is 0. The van der Waals surface area contributed by atoms with Gasteiger partial charge < -0.3 is 10.1 Å². The quantitative estimate of drug-likeness (QED) is 0.856. The normalized spacial score (nSPS) is 29.8. The summed E-state index contributed by atoms with van der Waals surface area (Å²) in [5, 5.41) is 4.71. The summed E-state index contributed by atoms with van der Waals surface area (Å²) < 4.78 is 6.01. The summed E-state index contributed by atoms with van der Waals surface area (Å²) >= 11 is 1.90. The van der Waals surface area contributed by atoms with Gasteiger partial charge >= 0.3 is 0 Å². The molecule has 0 atom stereocenters. The summed E-state index contributed by atoms with van der Waals surface area (Å²) in [6.07, 6.45) is 7.41. The predicted molar refractivity (Wildman–Crippen MR) is 87.8 cm³/mol. The molecule has 0 aromatic carbocycles. The minimum Gasteiger partial charge on any atom is -0.371 e. The molecule has 118 valence electrons. The topological polar surface area (TPSA) is 34.1 Å². The van der Waals surface area contributed by atoms with E-state index in [0.29, 0.717) is 0 Å². The molecule has 4 heteroatoms. The maximum Gasteiger partial charge on any atom is 0.125 e. The van der Waals surface area contributed by atoms with E-state index in [4.69, 9.17) is 9.72 Å². The van der Waals surface area contributed by atoms with E-state index in [1.165, 1.54) is 41.3 Å². The van der Waals surface area contributed by atoms with Crippen molar-refractivity contribution >= 4 is 11.3 Å². The van der Waals surface area contributed by atoms with Crippen LogP contribution in [0.15, 0.2) is 0 Å². The number of hydrogen-bond acceptors (Lipinski definition) is 4. The second kappa shape index (κ2) is 6.35. The van der Waals surface area contributed by atoms with Gasteiger partial charge in [-0.1, -0.05) is 13.8 Å². The molecular weight excluding hydrogens is 280 g/mol. The van der Waals surface area contributed by atoms with Crippen molar-refractivity contribution in [3.05, 3.63) is 15.6 Å². The lowest BCUT2D eigenvalue weighted by Crippen LogP contribution is -2.33. The van der Waals surface area contributed by atoms with E-state index >= 15 is 0 Å². The third-order valence-electron chi connectivity index (χ3n) is 5.09. The number of rotatable bonds is 6. The van der Waals surface area contributed by atoms with Crippen LogP contribution < -0.4 is 5.32 Å². The molecule has 0 amide bonds. The Balaban J connectivity index is 1.86. The molecule has 21 heavy (non-hydrogen) atoms. The molecule has 0 bridgehead atoms. The fourth-order valence-electron chi connectivity index (χ4n) is 3.33. The largest absolute Gasteiger partial charge is 0.371 e. The minimum atomic E-state index is -0.106. The third-order valence-corrected chi connectivity index (χ3v) is 6.35. The predicted octanol–water partition coefficient (Wildman–Crippen LogP) is 4.18. The van der Waals surface area contributed by atoms with E-state index in [2.05, 4.69) is 19.2 Å². The molecule has 2 saturated carbocycles. The van der Waals surface area contributed by atoms with Gasteiger partial charge in [-0.2, -0.15) is 0 Å². The third kappa shape index (κ3) is 3.17. The number of methoxy groups -OCH3 is 1. The highest BCUT2D eigenvalue weighted by Gasteiger charge is 2.40. The molecule has 0 aliphatic heterocycles. The van der Waals surface area contributed by atoms with Crippen molar-refractivity contribution in [2.75, 3.05) is 13.7 Å². The molecule has 3 nitrogen and oxygen atoms in total. The van der Waals surface area contributed by atoms with Crippen LogP contribution in [-0.4, -0.2) is 18.6 Å².